The van der Waals surface area contributed by atoms with E-state index in [2.05, 4.69) is 9.97 Å². The van der Waals surface area contributed by atoms with Crippen molar-refractivity contribution in [3.63, 3.8) is 0 Å². The molecule has 0 fully saturated rings. The molecule has 4 aromatic heterocycles. The number of aryl methyl sites for hydroxylation is 2. The predicted octanol–water partition coefficient (Wildman–Crippen LogP) is 3.69. The summed E-state index contributed by atoms with van der Waals surface area (Å²) in [7, 11) is 0. The Morgan fingerprint density at radius 1 is 1.19 bits per heavy atom. The molecular weight excluding hydrogens is 436 g/mol. The molecule has 0 aliphatic heterocycles. The summed E-state index contributed by atoms with van der Waals surface area (Å²) in [6, 6.07) is 1.81. The summed E-state index contributed by atoms with van der Waals surface area (Å²) in [6.45, 7) is 7.30. The third-order valence-corrected chi connectivity index (χ3v) is 6.97. The number of hydrogen-bond acceptors (Lipinski definition) is 8. The first-order chi connectivity index (χ1) is 14.8. The van der Waals surface area contributed by atoms with Crippen molar-refractivity contribution in [3.8, 4) is 5.13 Å². The van der Waals surface area contributed by atoms with Gasteiger partial charge in [-0.15, -0.1) is 22.7 Å². The number of fused-ring (bicyclic) bond motifs is 1. The van der Waals surface area contributed by atoms with Crippen LogP contribution in [0, 0.1) is 20.8 Å². The quantitative estimate of drug-likeness (QED) is 0.324. The third-order valence-electron chi connectivity index (χ3n) is 5.03. The van der Waals surface area contributed by atoms with Crippen molar-refractivity contribution < 1.29 is 14.3 Å². The molecule has 0 aromatic carbocycles. The Kier molecular flexibility index (Phi) is 5.59. The van der Waals surface area contributed by atoms with Crippen molar-refractivity contribution >= 4 is 44.6 Å². The van der Waals surface area contributed by atoms with Gasteiger partial charge in [0.15, 0.2) is 10.9 Å². The maximum atomic E-state index is 13.1. The maximum Gasteiger partial charge on any atom is 0.348 e. The van der Waals surface area contributed by atoms with Crippen molar-refractivity contribution in [2.45, 2.75) is 34.2 Å². The van der Waals surface area contributed by atoms with Gasteiger partial charge in [-0.05, 0) is 39.3 Å². The van der Waals surface area contributed by atoms with Gasteiger partial charge in [-0.1, -0.05) is 0 Å². The van der Waals surface area contributed by atoms with E-state index < -0.39 is 5.97 Å². The number of hydrogen-bond donors (Lipinski definition) is 0. The van der Waals surface area contributed by atoms with Crippen LogP contribution in [0.2, 0.25) is 0 Å². The number of rotatable bonds is 6. The first-order valence-electron chi connectivity index (χ1n) is 9.61. The molecule has 0 spiro atoms. The Hall–Kier alpha value is -3.11. The Labute approximate surface area is 185 Å². The average Bonchev–Trinajstić information content (AvgIpc) is 3.43. The molecule has 0 amide bonds. The Morgan fingerprint density at radius 2 is 1.97 bits per heavy atom. The molecule has 31 heavy (non-hydrogen) atoms. The lowest BCUT2D eigenvalue weighted by atomic mass is 10.1. The van der Waals surface area contributed by atoms with Crippen molar-refractivity contribution in [2.75, 3.05) is 6.61 Å². The van der Waals surface area contributed by atoms with E-state index in [0.717, 1.165) is 27.9 Å². The minimum atomic E-state index is -0.473. The summed E-state index contributed by atoms with van der Waals surface area (Å²) in [6.07, 6.45) is 3.07. The predicted molar refractivity (Wildman–Crippen MR) is 120 cm³/mol. The van der Waals surface area contributed by atoms with Crippen LogP contribution in [0.15, 0.2) is 28.8 Å². The highest BCUT2D eigenvalue weighted by atomic mass is 32.1. The molecule has 4 aromatic rings. The summed E-state index contributed by atoms with van der Waals surface area (Å²) >= 11 is 2.61. The molecule has 0 saturated heterocycles. The normalized spacial score (nSPS) is 11.2. The Bertz CT molecular complexity index is 1360. The number of nitrogens with zero attached hydrogens (tertiary/aromatic N) is 4. The van der Waals surface area contributed by atoms with Crippen LogP contribution in [0.3, 0.4) is 0 Å². The van der Waals surface area contributed by atoms with Gasteiger partial charge in [-0.2, -0.15) is 0 Å². The topological polar surface area (TPSA) is 96.1 Å². The zero-order valence-electron chi connectivity index (χ0n) is 17.5. The zero-order valence-corrected chi connectivity index (χ0v) is 19.1. The molecule has 0 saturated carbocycles. The van der Waals surface area contributed by atoms with Crippen molar-refractivity contribution in [1.82, 2.24) is 19.1 Å². The van der Waals surface area contributed by atoms with Gasteiger partial charge in [0.25, 0.3) is 5.56 Å². The molecule has 10 heteroatoms. The van der Waals surface area contributed by atoms with Crippen molar-refractivity contribution in [3.05, 3.63) is 61.7 Å². The fourth-order valence-electron chi connectivity index (χ4n) is 3.57. The van der Waals surface area contributed by atoms with Crippen LogP contribution < -0.4 is 5.56 Å². The van der Waals surface area contributed by atoms with Crippen LogP contribution in [0.5, 0.6) is 0 Å². The second kappa shape index (κ2) is 8.20. The second-order valence-electron chi connectivity index (χ2n) is 6.99. The molecule has 0 unspecified atom stereocenters. The molecule has 0 atom stereocenters. The van der Waals surface area contributed by atoms with Gasteiger partial charge in [0.1, 0.15) is 9.71 Å². The summed E-state index contributed by atoms with van der Waals surface area (Å²) in [5.41, 5.74) is 2.38. The molecule has 0 bridgehead atoms. The summed E-state index contributed by atoms with van der Waals surface area (Å²) < 4.78 is 8.28. The lowest BCUT2D eigenvalue weighted by molar-refractivity contribution is 0.0531. The van der Waals surface area contributed by atoms with E-state index in [4.69, 9.17) is 4.74 Å². The van der Waals surface area contributed by atoms with Crippen molar-refractivity contribution in [2.24, 2.45) is 0 Å². The number of esters is 1. The zero-order chi connectivity index (χ0) is 22.3. The highest BCUT2D eigenvalue weighted by Gasteiger charge is 2.22. The van der Waals surface area contributed by atoms with E-state index in [0.29, 0.717) is 26.2 Å². The minimum Gasteiger partial charge on any atom is -0.462 e. The molecule has 4 rings (SSSR count). The number of thiophene rings is 1. The van der Waals surface area contributed by atoms with Gasteiger partial charge in [-0.25, -0.2) is 14.8 Å². The van der Waals surface area contributed by atoms with E-state index >= 15 is 0 Å². The molecular formula is C21H20N4O4S2. The molecule has 0 aliphatic carbocycles. The van der Waals surface area contributed by atoms with Crippen molar-refractivity contribution in [1.29, 1.82) is 0 Å². The first kappa shape index (κ1) is 21.1. The minimum absolute atomic E-state index is 0.145. The lowest BCUT2D eigenvalue weighted by Crippen LogP contribution is -2.25. The monoisotopic (exact) mass is 456 g/mol. The second-order valence-corrected chi connectivity index (χ2v) is 8.86. The van der Waals surface area contributed by atoms with E-state index in [9.17, 15) is 14.4 Å². The standard InChI is InChI=1S/C21H20N4O4S2/c1-5-29-20(28)17-12(3)16-18(31-17)23-10-24(19(16)27)9-15(26)14-8-11(2)25(13(14)4)21-22-6-7-30-21/h6-8,10H,5,9H2,1-4H3. The number of carbonyl (C=O) groups is 2. The van der Waals surface area contributed by atoms with Crippen LogP contribution in [0.25, 0.3) is 15.3 Å². The number of ketones is 1. The first-order valence-corrected chi connectivity index (χ1v) is 11.3. The molecule has 0 radical (unpaired) electrons. The van der Waals surface area contributed by atoms with E-state index in [-0.39, 0.29) is 24.5 Å². The fraction of sp³-hybridized carbons (Fsp3) is 0.286. The molecule has 8 nitrogen and oxygen atoms in total. The number of aromatic nitrogens is 4. The number of thiazole rings is 1. The summed E-state index contributed by atoms with van der Waals surface area (Å²) in [5, 5.41) is 3.01. The molecule has 160 valence electrons. The van der Waals surface area contributed by atoms with Gasteiger partial charge < -0.3 is 4.74 Å². The number of carbonyl (C=O) groups excluding carboxylic acids is 2. The van der Waals surface area contributed by atoms with Crippen LogP contribution in [-0.2, 0) is 11.3 Å². The van der Waals surface area contributed by atoms with Gasteiger partial charge >= 0.3 is 5.97 Å². The Balaban J connectivity index is 1.70. The average molecular weight is 457 g/mol. The molecule has 0 aliphatic rings. The van der Waals surface area contributed by atoms with E-state index in [1.807, 2.05) is 29.9 Å². The summed E-state index contributed by atoms with van der Waals surface area (Å²) in [4.78, 5) is 47.7. The SMILES string of the molecule is CCOC(=O)c1sc2ncn(CC(=O)c3cc(C)n(-c4nccs4)c3C)c(=O)c2c1C. The van der Waals surface area contributed by atoms with Crippen LogP contribution in [0.1, 0.15) is 43.9 Å². The largest absolute Gasteiger partial charge is 0.462 e. The highest BCUT2D eigenvalue weighted by molar-refractivity contribution is 7.20. The lowest BCUT2D eigenvalue weighted by Gasteiger charge is -2.07. The van der Waals surface area contributed by atoms with Crippen LogP contribution in [-0.4, -0.2) is 37.5 Å². The maximum absolute atomic E-state index is 13.1. The number of ether oxygens (including phenoxy) is 1. The van der Waals surface area contributed by atoms with Crippen LogP contribution in [0.4, 0.5) is 0 Å². The Morgan fingerprint density at radius 3 is 2.65 bits per heavy atom. The van der Waals surface area contributed by atoms with Gasteiger partial charge in [0.2, 0.25) is 0 Å². The van der Waals surface area contributed by atoms with Gasteiger partial charge in [0.05, 0.1) is 24.9 Å². The van der Waals surface area contributed by atoms with Gasteiger partial charge in [0, 0.05) is 28.5 Å². The molecule has 0 N–H and O–H groups in total. The summed E-state index contributed by atoms with van der Waals surface area (Å²) in [5.74, 6) is -0.669. The molecule has 4 heterocycles. The van der Waals surface area contributed by atoms with E-state index in [1.54, 1.807) is 20.0 Å². The number of Topliss-reactive ketones (excluding diaryl/α,β-unsaturated/α-hetero) is 1. The highest BCUT2D eigenvalue weighted by Crippen LogP contribution is 2.28. The fourth-order valence-corrected chi connectivity index (χ4v) is 5.35. The third kappa shape index (κ3) is 3.61. The van der Waals surface area contributed by atoms with E-state index in [1.165, 1.54) is 22.2 Å². The van der Waals surface area contributed by atoms with Gasteiger partial charge in [-0.3, -0.25) is 18.7 Å². The smallest absolute Gasteiger partial charge is 0.348 e. The van der Waals surface area contributed by atoms with Crippen LogP contribution >= 0.6 is 22.7 Å².